The number of carbonyl (C=O) groups is 1. The minimum absolute atomic E-state index is 0. The summed E-state index contributed by atoms with van der Waals surface area (Å²) in [5.41, 5.74) is 5.60. The Morgan fingerprint density at radius 3 is 2.46 bits per heavy atom. The van der Waals surface area contributed by atoms with E-state index in [2.05, 4.69) is 5.32 Å². The average molecular weight is 402 g/mol. The number of carbonyl (C=O) groups excluding carboxylic acids is 1. The van der Waals surface area contributed by atoms with Gasteiger partial charge in [0, 0.05) is 19.6 Å². The van der Waals surface area contributed by atoms with Crippen LogP contribution in [0.1, 0.15) is 38.5 Å². The van der Waals surface area contributed by atoms with Gasteiger partial charge in [0.1, 0.15) is 0 Å². The number of hydrogen-bond donors (Lipinski definition) is 2. The van der Waals surface area contributed by atoms with Crippen molar-refractivity contribution in [1.29, 1.82) is 0 Å². The van der Waals surface area contributed by atoms with Gasteiger partial charge in [0.25, 0.3) is 0 Å². The third-order valence-electron chi connectivity index (χ3n) is 5.48. The summed E-state index contributed by atoms with van der Waals surface area (Å²) < 4.78 is 27.0. The SMILES string of the molecule is Cl.NCC1(NC(=O)C2CCCN(S(=O)(=O)c3ccccc3)C2)CCCC1. The van der Waals surface area contributed by atoms with Crippen LogP contribution >= 0.6 is 12.4 Å². The molecule has 8 heteroatoms. The van der Waals surface area contributed by atoms with Crippen molar-refractivity contribution < 1.29 is 13.2 Å². The topological polar surface area (TPSA) is 92.5 Å². The largest absolute Gasteiger partial charge is 0.349 e. The fraction of sp³-hybridized carbons (Fsp3) is 0.611. The lowest BCUT2D eigenvalue weighted by Gasteiger charge is -2.35. The molecule has 3 N–H and O–H groups in total. The van der Waals surface area contributed by atoms with Gasteiger partial charge < -0.3 is 11.1 Å². The Morgan fingerprint density at radius 1 is 1.19 bits per heavy atom. The zero-order valence-corrected chi connectivity index (χ0v) is 16.5. The smallest absolute Gasteiger partial charge is 0.243 e. The number of nitrogens with zero attached hydrogens (tertiary/aromatic N) is 1. The minimum Gasteiger partial charge on any atom is -0.349 e. The molecule has 1 saturated heterocycles. The fourth-order valence-corrected chi connectivity index (χ4v) is 5.46. The summed E-state index contributed by atoms with van der Waals surface area (Å²) in [4.78, 5) is 13.0. The Balaban J connectivity index is 0.00000243. The highest BCUT2D eigenvalue weighted by molar-refractivity contribution is 7.89. The van der Waals surface area contributed by atoms with Crippen LogP contribution < -0.4 is 11.1 Å². The Morgan fingerprint density at radius 2 is 1.85 bits per heavy atom. The highest BCUT2D eigenvalue weighted by Crippen LogP contribution is 2.30. The molecule has 1 aliphatic heterocycles. The van der Waals surface area contributed by atoms with Crippen molar-refractivity contribution in [2.75, 3.05) is 19.6 Å². The molecule has 2 fully saturated rings. The van der Waals surface area contributed by atoms with Gasteiger partial charge >= 0.3 is 0 Å². The number of sulfonamides is 1. The molecule has 1 amide bonds. The number of rotatable bonds is 5. The molecule has 2 aliphatic rings. The maximum atomic E-state index is 12.8. The average Bonchev–Trinajstić information content (AvgIpc) is 3.11. The highest BCUT2D eigenvalue weighted by Gasteiger charge is 2.38. The van der Waals surface area contributed by atoms with Crippen molar-refractivity contribution in [1.82, 2.24) is 9.62 Å². The lowest BCUT2D eigenvalue weighted by atomic mass is 9.93. The summed E-state index contributed by atoms with van der Waals surface area (Å²) in [6, 6.07) is 8.42. The van der Waals surface area contributed by atoms with Gasteiger partial charge in [-0.3, -0.25) is 4.79 Å². The molecule has 6 nitrogen and oxygen atoms in total. The standard InChI is InChI=1S/C18H27N3O3S.ClH/c19-14-18(10-4-5-11-18)20-17(22)15-7-6-12-21(13-15)25(23,24)16-8-2-1-3-9-16;/h1-3,8-9,15H,4-7,10-14,19H2,(H,20,22);1H. The molecule has 1 heterocycles. The van der Waals surface area contributed by atoms with Crippen LogP contribution in [0, 0.1) is 5.92 Å². The maximum absolute atomic E-state index is 12.8. The minimum atomic E-state index is -3.55. The van der Waals surface area contributed by atoms with E-state index in [0.717, 1.165) is 25.7 Å². The number of nitrogens with two attached hydrogens (primary N) is 1. The van der Waals surface area contributed by atoms with Crippen molar-refractivity contribution in [2.45, 2.75) is 49.0 Å². The number of nitrogens with one attached hydrogen (secondary N) is 1. The fourth-order valence-electron chi connectivity index (χ4n) is 3.91. The molecule has 146 valence electrons. The first-order chi connectivity index (χ1) is 12.0. The molecule has 26 heavy (non-hydrogen) atoms. The van der Waals surface area contributed by atoms with Crippen LogP contribution in [-0.2, 0) is 14.8 Å². The van der Waals surface area contributed by atoms with Crippen molar-refractivity contribution >= 4 is 28.3 Å². The van der Waals surface area contributed by atoms with Gasteiger partial charge in [-0.1, -0.05) is 31.0 Å². The van der Waals surface area contributed by atoms with E-state index < -0.39 is 10.0 Å². The lowest BCUT2D eigenvalue weighted by Crippen LogP contribution is -2.55. The zero-order chi connectivity index (χ0) is 17.9. The molecule has 3 rings (SSSR count). The van der Waals surface area contributed by atoms with Crippen molar-refractivity contribution in [3.8, 4) is 0 Å². The van der Waals surface area contributed by atoms with Gasteiger partial charge in [0.05, 0.1) is 16.4 Å². The molecule has 0 bridgehead atoms. The van der Waals surface area contributed by atoms with Gasteiger partial charge in [0.15, 0.2) is 0 Å². The van der Waals surface area contributed by atoms with Crippen LogP contribution in [0.3, 0.4) is 0 Å². The predicted molar refractivity (Wildman–Crippen MR) is 104 cm³/mol. The lowest BCUT2D eigenvalue weighted by molar-refractivity contribution is -0.128. The molecule has 1 unspecified atom stereocenters. The normalized spacial score (nSPS) is 23.2. The number of hydrogen-bond acceptors (Lipinski definition) is 4. The molecular formula is C18H28ClN3O3S. The molecule has 1 aromatic rings. The van der Waals surface area contributed by atoms with E-state index in [1.165, 1.54) is 4.31 Å². The summed E-state index contributed by atoms with van der Waals surface area (Å²) in [6.07, 6.45) is 5.39. The van der Waals surface area contributed by atoms with E-state index >= 15 is 0 Å². The van der Waals surface area contributed by atoms with E-state index in [4.69, 9.17) is 5.73 Å². The van der Waals surface area contributed by atoms with Crippen molar-refractivity contribution in [3.05, 3.63) is 30.3 Å². The second-order valence-electron chi connectivity index (χ2n) is 7.20. The first-order valence-corrected chi connectivity index (χ1v) is 10.5. The third kappa shape index (κ3) is 4.39. The van der Waals surface area contributed by atoms with Gasteiger partial charge in [-0.25, -0.2) is 8.42 Å². The zero-order valence-electron chi connectivity index (χ0n) is 14.9. The van der Waals surface area contributed by atoms with E-state index in [-0.39, 0.29) is 41.2 Å². The van der Waals surface area contributed by atoms with Crippen LogP contribution in [-0.4, -0.2) is 43.8 Å². The van der Waals surface area contributed by atoms with Crippen LogP contribution in [0.15, 0.2) is 35.2 Å². The van der Waals surface area contributed by atoms with E-state index in [1.807, 2.05) is 0 Å². The van der Waals surface area contributed by atoms with Crippen LogP contribution in [0.2, 0.25) is 0 Å². The first-order valence-electron chi connectivity index (χ1n) is 9.04. The van der Waals surface area contributed by atoms with Crippen molar-refractivity contribution in [3.63, 3.8) is 0 Å². The molecular weight excluding hydrogens is 374 g/mol. The Labute approximate surface area is 162 Å². The van der Waals surface area contributed by atoms with Gasteiger partial charge in [-0.2, -0.15) is 4.31 Å². The second-order valence-corrected chi connectivity index (χ2v) is 9.13. The molecule has 1 atom stereocenters. The molecule has 0 radical (unpaired) electrons. The Bertz CT molecular complexity index is 706. The Hall–Kier alpha value is -1.15. The molecule has 0 aromatic heterocycles. The Kier molecular flexibility index (Phi) is 7.07. The first kappa shape index (κ1) is 21.2. The quantitative estimate of drug-likeness (QED) is 0.788. The maximum Gasteiger partial charge on any atom is 0.243 e. The van der Waals surface area contributed by atoms with Crippen LogP contribution in [0.5, 0.6) is 0 Å². The summed E-state index contributed by atoms with van der Waals surface area (Å²) in [5, 5.41) is 3.14. The molecule has 1 aromatic carbocycles. The number of amides is 1. The van der Waals surface area contributed by atoms with Crippen LogP contribution in [0.25, 0.3) is 0 Å². The predicted octanol–water partition coefficient (Wildman–Crippen LogP) is 1.90. The highest BCUT2D eigenvalue weighted by atomic mass is 35.5. The molecule has 0 spiro atoms. The van der Waals surface area contributed by atoms with E-state index in [0.29, 0.717) is 25.9 Å². The number of benzene rings is 1. The van der Waals surface area contributed by atoms with Crippen LogP contribution in [0.4, 0.5) is 0 Å². The molecule has 1 saturated carbocycles. The second kappa shape index (κ2) is 8.69. The van der Waals surface area contributed by atoms with Crippen molar-refractivity contribution in [2.24, 2.45) is 11.7 Å². The van der Waals surface area contributed by atoms with Gasteiger partial charge in [-0.05, 0) is 37.8 Å². The summed E-state index contributed by atoms with van der Waals surface area (Å²) in [6.45, 7) is 1.14. The van der Waals surface area contributed by atoms with E-state index in [1.54, 1.807) is 30.3 Å². The molecule has 1 aliphatic carbocycles. The van der Waals surface area contributed by atoms with Gasteiger partial charge in [0.2, 0.25) is 15.9 Å². The summed E-state index contributed by atoms with van der Waals surface area (Å²) >= 11 is 0. The number of halogens is 1. The monoisotopic (exact) mass is 401 g/mol. The number of piperidine rings is 1. The van der Waals surface area contributed by atoms with E-state index in [9.17, 15) is 13.2 Å². The summed E-state index contributed by atoms with van der Waals surface area (Å²) in [7, 11) is -3.55. The van der Waals surface area contributed by atoms with Gasteiger partial charge in [-0.15, -0.1) is 12.4 Å². The third-order valence-corrected chi connectivity index (χ3v) is 7.36. The summed E-state index contributed by atoms with van der Waals surface area (Å²) in [5.74, 6) is -0.364.